The zero-order valence-electron chi connectivity index (χ0n) is 17.9. The fourth-order valence-electron chi connectivity index (χ4n) is 4.60. The van der Waals surface area contributed by atoms with Crippen LogP contribution in [-0.4, -0.2) is 61.0 Å². The summed E-state index contributed by atoms with van der Waals surface area (Å²) in [6.45, 7) is 7.94. The Morgan fingerprint density at radius 3 is 2.93 bits per heavy atom. The Kier molecular flexibility index (Phi) is 5.94. The van der Waals surface area contributed by atoms with Gasteiger partial charge in [0.1, 0.15) is 6.10 Å². The van der Waals surface area contributed by atoms with Crippen LogP contribution in [0.15, 0.2) is 24.4 Å². The number of piperidine rings is 1. The molecule has 0 aliphatic carbocycles. The lowest BCUT2D eigenvalue weighted by atomic mass is 9.77. The molecule has 2 aliphatic heterocycles. The number of ether oxygens (including phenoxy) is 1. The zero-order chi connectivity index (χ0) is 21.5. The first-order chi connectivity index (χ1) is 14.2. The minimum absolute atomic E-state index is 0.209. The SMILES string of the molecule is C[C@H]1CC2(CCN1Cc1cn(CC(O)C(C)(C)O)nn1)OCCc1ccc(Cl)cc12. The first-order valence-corrected chi connectivity index (χ1v) is 11.0. The van der Waals surface area contributed by atoms with Gasteiger partial charge >= 0.3 is 0 Å². The van der Waals surface area contributed by atoms with Gasteiger partial charge in [0.05, 0.1) is 30.0 Å². The Morgan fingerprint density at radius 1 is 1.40 bits per heavy atom. The summed E-state index contributed by atoms with van der Waals surface area (Å²) in [5, 5.41) is 29.1. The van der Waals surface area contributed by atoms with Crippen LogP contribution in [0.25, 0.3) is 0 Å². The second-order valence-corrected chi connectivity index (χ2v) is 9.71. The Hall–Kier alpha value is -1.51. The predicted octanol–water partition coefficient (Wildman–Crippen LogP) is 2.52. The van der Waals surface area contributed by atoms with Crippen molar-refractivity contribution in [2.24, 2.45) is 0 Å². The van der Waals surface area contributed by atoms with Gasteiger partial charge in [-0.25, -0.2) is 4.68 Å². The molecule has 2 unspecified atom stereocenters. The highest BCUT2D eigenvalue weighted by molar-refractivity contribution is 6.30. The second kappa shape index (κ2) is 8.20. The number of aliphatic hydroxyl groups excluding tert-OH is 1. The van der Waals surface area contributed by atoms with Crippen LogP contribution in [0.5, 0.6) is 0 Å². The molecule has 30 heavy (non-hydrogen) atoms. The van der Waals surface area contributed by atoms with Gasteiger partial charge in [0.15, 0.2) is 0 Å². The van der Waals surface area contributed by atoms with Gasteiger partial charge in [-0.3, -0.25) is 4.90 Å². The summed E-state index contributed by atoms with van der Waals surface area (Å²) in [4.78, 5) is 2.40. The van der Waals surface area contributed by atoms with Gasteiger partial charge < -0.3 is 14.9 Å². The maximum atomic E-state index is 10.1. The molecule has 2 aromatic rings. The average Bonchev–Trinajstić information content (AvgIpc) is 3.11. The highest BCUT2D eigenvalue weighted by atomic mass is 35.5. The molecule has 0 saturated carbocycles. The second-order valence-electron chi connectivity index (χ2n) is 9.27. The number of aliphatic hydroxyl groups is 2. The number of hydrogen-bond acceptors (Lipinski definition) is 6. The van der Waals surface area contributed by atoms with Crippen LogP contribution in [-0.2, 0) is 29.8 Å². The smallest absolute Gasteiger partial charge is 0.102 e. The molecule has 164 valence electrons. The molecule has 0 amide bonds. The summed E-state index contributed by atoms with van der Waals surface area (Å²) in [6.07, 6.45) is 3.70. The standard InChI is InChI=1S/C22H31ClN4O3/c1-15-11-22(19-10-17(23)5-4-16(19)6-9-30-22)7-8-26(15)12-18-13-27(25-24-18)14-20(28)21(2,3)29/h4-5,10,13,15,20,28-29H,6-9,11-12,14H2,1-3H3/t15-,20?,22?/m0/s1. The molecule has 0 bridgehead atoms. The number of halogens is 1. The number of fused-ring (bicyclic) bond motifs is 2. The fraction of sp³-hybridized carbons (Fsp3) is 0.636. The maximum Gasteiger partial charge on any atom is 0.102 e. The third-order valence-electron chi connectivity index (χ3n) is 6.49. The first kappa shape index (κ1) is 21.7. The Bertz CT molecular complexity index is 897. The molecule has 1 aromatic heterocycles. The van der Waals surface area contributed by atoms with Crippen LogP contribution in [0.4, 0.5) is 0 Å². The van der Waals surface area contributed by atoms with Gasteiger partial charge in [-0.2, -0.15) is 0 Å². The highest BCUT2D eigenvalue weighted by Gasteiger charge is 2.43. The zero-order valence-corrected chi connectivity index (χ0v) is 18.6. The normalized spacial score (nSPS) is 26.0. The molecule has 1 saturated heterocycles. The van der Waals surface area contributed by atoms with Crippen molar-refractivity contribution < 1.29 is 14.9 Å². The third-order valence-corrected chi connectivity index (χ3v) is 6.73. The van der Waals surface area contributed by atoms with Crippen molar-refractivity contribution in [2.75, 3.05) is 13.2 Å². The number of likely N-dealkylation sites (tertiary alicyclic amines) is 1. The van der Waals surface area contributed by atoms with E-state index >= 15 is 0 Å². The molecule has 3 atom stereocenters. The number of hydrogen-bond donors (Lipinski definition) is 2. The van der Waals surface area contributed by atoms with Crippen molar-refractivity contribution in [2.45, 2.75) is 76.5 Å². The van der Waals surface area contributed by atoms with E-state index in [0.29, 0.717) is 12.6 Å². The third kappa shape index (κ3) is 4.41. The summed E-state index contributed by atoms with van der Waals surface area (Å²) in [5.41, 5.74) is 2.01. The lowest BCUT2D eigenvalue weighted by Crippen LogP contribution is -2.50. The van der Waals surface area contributed by atoms with Crippen molar-refractivity contribution in [1.82, 2.24) is 19.9 Å². The number of aromatic nitrogens is 3. The highest BCUT2D eigenvalue weighted by Crippen LogP contribution is 2.44. The summed E-state index contributed by atoms with van der Waals surface area (Å²) in [7, 11) is 0. The number of rotatable bonds is 5. The van der Waals surface area contributed by atoms with Crippen molar-refractivity contribution >= 4 is 11.6 Å². The van der Waals surface area contributed by atoms with Crippen molar-refractivity contribution in [1.29, 1.82) is 0 Å². The van der Waals surface area contributed by atoms with Gasteiger partial charge in [-0.15, -0.1) is 5.10 Å². The van der Waals surface area contributed by atoms with Gasteiger partial charge in [-0.05, 0) is 63.3 Å². The number of benzene rings is 1. The molecular weight excluding hydrogens is 404 g/mol. The maximum absolute atomic E-state index is 10.1. The largest absolute Gasteiger partial charge is 0.388 e. The monoisotopic (exact) mass is 434 g/mol. The van der Waals surface area contributed by atoms with Crippen molar-refractivity contribution in [3.8, 4) is 0 Å². The lowest BCUT2D eigenvalue weighted by molar-refractivity contribution is -0.113. The fourth-order valence-corrected chi connectivity index (χ4v) is 4.77. The molecule has 1 fully saturated rings. The first-order valence-electron chi connectivity index (χ1n) is 10.6. The number of nitrogens with zero attached hydrogens (tertiary/aromatic N) is 4. The summed E-state index contributed by atoms with van der Waals surface area (Å²) >= 11 is 6.30. The van der Waals surface area contributed by atoms with E-state index in [0.717, 1.165) is 43.1 Å². The van der Waals surface area contributed by atoms with Crippen LogP contribution in [0.2, 0.25) is 5.02 Å². The molecule has 8 heteroatoms. The molecule has 2 aliphatic rings. The summed E-state index contributed by atoms with van der Waals surface area (Å²) in [6, 6.07) is 6.50. The minimum Gasteiger partial charge on any atom is -0.388 e. The van der Waals surface area contributed by atoms with E-state index in [1.807, 2.05) is 12.3 Å². The van der Waals surface area contributed by atoms with E-state index in [2.05, 4.69) is 34.3 Å². The predicted molar refractivity (Wildman–Crippen MR) is 114 cm³/mol. The molecule has 2 N–H and O–H groups in total. The topological polar surface area (TPSA) is 83.6 Å². The summed E-state index contributed by atoms with van der Waals surface area (Å²) in [5.74, 6) is 0. The molecule has 7 nitrogen and oxygen atoms in total. The molecule has 1 spiro atoms. The quantitative estimate of drug-likeness (QED) is 0.752. The molecule has 1 aromatic carbocycles. The van der Waals surface area contributed by atoms with Gasteiger partial charge in [0, 0.05) is 30.4 Å². The average molecular weight is 435 g/mol. The van der Waals surface area contributed by atoms with Gasteiger partial charge in [-0.1, -0.05) is 22.9 Å². The van der Waals surface area contributed by atoms with Crippen LogP contribution in [0, 0.1) is 0 Å². The van der Waals surface area contributed by atoms with Crippen LogP contribution >= 0.6 is 11.6 Å². The summed E-state index contributed by atoms with van der Waals surface area (Å²) < 4.78 is 7.96. The molecule has 4 rings (SSSR count). The Morgan fingerprint density at radius 2 is 2.20 bits per heavy atom. The van der Waals surface area contributed by atoms with Gasteiger partial charge in [0.2, 0.25) is 0 Å². The van der Waals surface area contributed by atoms with E-state index in [9.17, 15) is 10.2 Å². The molecule has 0 radical (unpaired) electrons. The van der Waals surface area contributed by atoms with E-state index in [1.165, 1.54) is 11.1 Å². The van der Waals surface area contributed by atoms with E-state index in [4.69, 9.17) is 16.3 Å². The van der Waals surface area contributed by atoms with Crippen LogP contribution in [0.1, 0.15) is 50.4 Å². The van der Waals surface area contributed by atoms with E-state index < -0.39 is 11.7 Å². The van der Waals surface area contributed by atoms with E-state index in [1.54, 1.807) is 18.5 Å². The van der Waals surface area contributed by atoms with Crippen molar-refractivity contribution in [3.05, 3.63) is 46.2 Å². The lowest BCUT2D eigenvalue weighted by Gasteiger charge is -2.48. The van der Waals surface area contributed by atoms with Crippen LogP contribution in [0.3, 0.4) is 0 Å². The van der Waals surface area contributed by atoms with Gasteiger partial charge in [0.25, 0.3) is 0 Å². The molecular formula is C22H31ClN4O3. The Labute approximate surface area is 182 Å². The van der Waals surface area contributed by atoms with E-state index in [-0.39, 0.29) is 12.1 Å². The molecule has 3 heterocycles. The minimum atomic E-state index is -1.18. The van der Waals surface area contributed by atoms with Crippen molar-refractivity contribution in [3.63, 3.8) is 0 Å². The van der Waals surface area contributed by atoms with Crippen LogP contribution < -0.4 is 0 Å². The Balaban J connectivity index is 1.43.